The van der Waals surface area contributed by atoms with E-state index in [-0.39, 0.29) is 18.5 Å². The van der Waals surface area contributed by atoms with E-state index in [0.29, 0.717) is 6.54 Å². The first-order valence-electron chi connectivity index (χ1n) is 5.99. The molecular weight excluding hydrogens is 278 g/mol. The van der Waals surface area contributed by atoms with Gasteiger partial charge in [0.15, 0.2) is 0 Å². The number of rotatable bonds is 4. The van der Waals surface area contributed by atoms with E-state index in [1.54, 1.807) is 14.1 Å². The molecule has 0 aliphatic rings. The molecular formula is C12H15N5O2S. The number of fused-ring (bicyclic) bond motifs is 1. The average molecular weight is 293 g/mol. The lowest BCUT2D eigenvalue weighted by atomic mass is 10.2. The summed E-state index contributed by atoms with van der Waals surface area (Å²) in [5.74, 6) is -0.239. The number of aromatic nitrogens is 2. The van der Waals surface area contributed by atoms with Crippen LogP contribution in [0.15, 0.2) is 18.2 Å². The van der Waals surface area contributed by atoms with E-state index < -0.39 is 0 Å². The van der Waals surface area contributed by atoms with Crippen LogP contribution in [0.2, 0.25) is 0 Å². The lowest BCUT2D eigenvalue weighted by Crippen LogP contribution is -2.41. The molecule has 20 heavy (non-hydrogen) atoms. The van der Waals surface area contributed by atoms with Gasteiger partial charge in [-0.2, -0.15) is 8.75 Å². The quantitative estimate of drug-likeness (QED) is 0.863. The van der Waals surface area contributed by atoms with E-state index in [1.807, 2.05) is 18.2 Å². The molecule has 0 saturated heterocycles. The molecule has 1 aromatic carbocycles. The van der Waals surface area contributed by atoms with Gasteiger partial charge in [-0.1, -0.05) is 6.07 Å². The first kappa shape index (κ1) is 14.2. The highest BCUT2D eigenvalue weighted by Crippen LogP contribution is 2.13. The predicted octanol–water partition coefficient (Wildman–Crippen LogP) is 0.579. The number of hydrogen-bond acceptors (Lipinski definition) is 5. The molecule has 0 saturated carbocycles. The van der Waals surface area contributed by atoms with Gasteiger partial charge in [-0.25, -0.2) is 4.79 Å². The molecule has 0 aliphatic heterocycles. The van der Waals surface area contributed by atoms with Crippen molar-refractivity contribution in [2.75, 3.05) is 20.6 Å². The first-order chi connectivity index (χ1) is 9.56. The van der Waals surface area contributed by atoms with Gasteiger partial charge in [0.25, 0.3) is 0 Å². The van der Waals surface area contributed by atoms with Gasteiger partial charge in [-0.3, -0.25) is 4.79 Å². The molecule has 1 heterocycles. The van der Waals surface area contributed by atoms with Gasteiger partial charge >= 0.3 is 6.03 Å². The van der Waals surface area contributed by atoms with Crippen LogP contribution in [-0.4, -0.2) is 46.2 Å². The zero-order valence-electron chi connectivity index (χ0n) is 11.2. The zero-order valence-corrected chi connectivity index (χ0v) is 12.0. The van der Waals surface area contributed by atoms with Crippen molar-refractivity contribution in [3.63, 3.8) is 0 Å². The fourth-order valence-corrected chi connectivity index (χ4v) is 2.03. The molecule has 106 valence electrons. The summed E-state index contributed by atoms with van der Waals surface area (Å²) in [5.41, 5.74) is 2.61. The van der Waals surface area contributed by atoms with Crippen molar-refractivity contribution in [2.45, 2.75) is 6.54 Å². The van der Waals surface area contributed by atoms with Crippen LogP contribution in [0.4, 0.5) is 4.79 Å². The Morgan fingerprint density at radius 1 is 1.20 bits per heavy atom. The summed E-state index contributed by atoms with van der Waals surface area (Å²) in [7, 11) is 3.23. The number of carbonyl (C=O) groups is 2. The number of nitrogens with zero attached hydrogens (tertiary/aromatic N) is 3. The van der Waals surface area contributed by atoms with Crippen LogP contribution in [0.1, 0.15) is 5.56 Å². The maximum Gasteiger partial charge on any atom is 0.317 e. The van der Waals surface area contributed by atoms with Crippen molar-refractivity contribution in [1.82, 2.24) is 24.3 Å². The van der Waals surface area contributed by atoms with Crippen molar-refractivity contribution < 1.29 is 9.59 Å². The molecule has 0 radical (unpaired) electrons. The van der Waals surface area contributed by atoms with E-state index in [2.05, 4.69) is 19.4 Å². The van der Waals surface area contributed by atoms with E-state index in [9.17, 15) is 9.59 Å². The summed E-state index contributed by atoms with van der Waals surface area (Å²) >= 11 is 1.16. The minimum atomic E-state index is -0.296. The number of amides is 3. The molecule has 2 aromatic rings. The van der Waals surface area contributed by atoms with Crippen molar-refractivity contribution in [3.8, 4) is 0 Å². The smallest absolute Gasteiger partial charge is 0.317 e. The second kappa shape index (κ2) is 6.29. The lowest BCUT2D eigenvalue weighted by Gasteiger charge is -2.11. The van der Waals surface area contributed by atoms with Crippen molar-refractivity contribution >= 4 is 34.7 Å². The SMILES string of the molecule is CN(C)C(=O)NCC(=O)NCc1ccc2nsnc2c1. The summed E-state index contributed by atoms with van der Waals surface area (Å²) in [6.45, 7) is 0.349. The van der Waals surface area contributed by atoms with E-state index in [1.165, 1.54) is 4.90 Å². The van der Waals surface area contributed by atoms with Crippen LogP contribution in [0, 0.1) is 0 Å². The van der Waals surface area contributed by atoms with Gasteiger partial charge in [0, 0.05) is 20.6 Å². The maximum absolute atomic E-state index is 11.6. The summed E-state index contributed by atoms with van der Waals surface area (Å²) in [6, 6.07) is 5.35. The molecule has 0 atom stereocenters. The van der Waals surface area contributed by atoms with Gasteiger partial charge in [0.2, 0.25) is 5.91 Å². The van der Waals surface area contributed by atoms with Crippen LogP contribution >= 0.6 is 11.7 Å². The largest absolute Gasteiger partial charge is 0.350 e. The second-order valence-electron chi connectivity index (χ2n) is 4.42. The van der Waals surface area contributed by atoms with Crippen LogP contribution in [0.3, 0.4) is 0 Å². The fourth-order valence-electron chi connectivity index (χ4n) is 1.51. The Balaban J connectivity index is 1.82. The first-order valence-corrected chi connectivity index (χ1v) is 6.72. The molecule has 2 N–H and O–H groups in total. The Morgan fingerprint density at radius 2 is 1.95 bits per heavy atom. The molecule has 0 unspecified atom stereocenters. The lowest BCUT2D eigenvalue weighted by molar-refractivity contribution is -0.120. The van der Waals surface area contributed by atoms with Crippen LogP contribution in [-0.2, 0) is 11.3 Å². The highest BCUT2D eigenvalue weighted by Gasteiger charge is 2.07. The molecule has 7 nitrogen and oxygen atoms in total. The number of nitrogens with one attached hydrogen (secondary N) is 2. The predicted molar refractivity (Wildman–Crippen MR) is 76.3 cm³/mol. The van der Waals surface area contributed by atoms with Crippen LogP contribution in [0.5, 0.6) is 0 Å². The van der Waals surface area contributed by atoms with E-state index in [4.69, 9.17) is 0 Å². The average Bonchev–Trinajstić information content (AvgIpc) is 2.89. The van der Waals surface area contributed by atoms with Crippen LogP contribution in [0.25, 0.3) is 11.0 Å². The Hall–Kier alpha value is -2.22. The highest BCUT2D eigenvalue weighted by atomic mass is 32.1. The minimum absolute atomic E-state index is 0.0441. The fraction of sp³-hybridized carbons (Fsp3) is 0.333. The molecule has 8 heteroatoms. The van der Waals surface area contributed by atoms with E-state index in [0.717, 1.165) is 28.3 Å². The van der Waals surface area contributed by atoms with Gasteiger partial charge < -0.3 is 15.5 Å². The minimum Gasteiger partial charge on any atom is -0.350 e. The standard InChI is InChI=1S/C12H15N5O2S/c1-17(2)12(19)14-7-11(18)13-6-8-3-4-9-10(5-8)16-20-15-9/h3-5H,6-7H2,1-2H3,(H,13,18)(H,14,19). The van der Waals surface area contributed by atoms with E-state index >= 15 is 0 Å². The van der Waals surface area contributed by atoms with Crippen molar-refractivity contribution in [3.05, 3.63) is 23.8 Å². The van der Waals surface area contributed by atoms with Crippen molar-refractivity contribution in [2.24, 2.45) is 0 Å². The number of hydrogen-bond donors (Lipinski definition) is 2. The third-order valence-corrected chi connectivity index (χ3v) is 3.17. The number of carbonyl (C=O) groups excluding carboxylic acids is 2. The summed E-state index contributed by atoms with van der Waals surface area (Å²) in [6.07, 6.45) is 0. The monoisotopic (exact) mass is 293 g/mol. The van der Waals surface area contributed by atoms with Crippen molar-refractivity contribution in [1.29, 1.82) is 0 Å². The molecule has 0 fully saturated rings. The highest BCUT2D eigenvalue weighted by molar-refractivity contribution is 7.00. The van der Waals surface area contributed by atoms with Gasteiger partial charge in [-0.05, 0) is 17.7 Å². The second-order valence-corrected chi connectivity index (χ2v) is 4.95. The van der Waals surface area contributed by atoms with Gasteiger partial charge in [-0.15, -0.1) is 0 Å². The van der Waals surface area contributed by atoms with Gasteiger partial charge in [0.1, 0.15) is 11.0 Å². The van der Waals surface area contributed by atoms with Crippen LogP contribution < -0.4 is 10.6 Å². The molecule has 0 bridgehead atoms. The Morgan fingerprint density at radius 3 is 2.70 bits per heavy atom. The Labute approximate surface area is 120 Å². The molecule has 0 spiro atoms. The van der Waals surface area contributed by atoms with Gasteiger partial charge in [0.05, 0.1) is 18.3 Å². The molecule has 1 aromatic heterocycles. The number of benzene rings is 1. The normalized spacial score (nSPS) is 10.3. The summed E-state index contributed by atoms with van der Waals surface area (Å²) in [4.78, 5) is 24.2. The number of urea groups is 1. The molecule has 3 amide bonds. The topological polar surface area (TPSA) is 87.2 Å². The Bertz CT molecular complexity index is 625. The molecule has 2 rings (SSSR count). The third kappa shape index (κ3) is 3.64. The summed E-state index contributed by atoms with van der Waals surface area (Å²) < 4.78 is 8.25. The summed E-state index contributed by atoms with van der Waals surface area (Å²) in [5, 5.41) is 5.23. The zero-order chi connectivity index (χ0) is 14.5. The third-order valence-electron chi connectivity index (χ3n) is 2.61. The Kier molecular flexibility index (Phi) is 4.46. The molecule has 0 aliphatic carbocycles. The maximum atomic E-state index is 11.6.